The lowest BCUT2D eigenvalue weighted by Crippen LogP contribution is -2.32. The number of anilines is 1. The van der Waals surface area contributed by atoms with E-state index >= 15 is 0 Å². The zero-order valence-corrected chi connectivity index (χ0v) is 14.8. The van der Waals surface area contributed by atoms with Crippen molar-refractivity contribution in [2.24, 2.45) is 5.92 Å². The number of fused-ring (bicyclic) bond motifs is 1. The van der Waals surface area contributed by atoms with Crippen LogP contribution in [0.5, 0.6) is 0 Å². The highest BCUT2D eigenvalue weighted by atomic mass is 19.2. The highest BCUT2D eigenvalue weighted by molar-refractivity contribution is 5.88. The first-order valence-corrected chi connectivity index (χ1v) is 9.12. The van der Waals surface area contributed by atoms with Crippen molar-refractivity contribution in [3.8, 4) is 0 Å². The van der Waals surface area contributed by atoms with Crippen LogP contribution in [0.3, 0.4) is 0 Å². The first kappa shape index (κ1) is 17.5. The molecule has 1 saturated heterocycles. The molecule has 6 heteroatoms. The van der Waals surface area contributed by atoms with Crippen LogP contribution in [0.15, 0.2) is 48.7 Å². The summed E-state index contributed by atoms with van der Waals surface area (Å²) in [5.74, 6) is -1.38. The number of nitrogens with one attached hydrogen (secondary N) is 2. The largest absolute Gasteiger partial charge is 0.371 e. The first-order chi connectivity index (χ1) is 13.1. The molecule has 0 saturated carbocycles. The summed E-state index contributed by atoms with van der Waals surface area (Å²) in [6.45, 7) is 2.08. The number of carbonyl (C=O) groups excluding carboxylic acids is 1. The summed E-state index contributed by atoms with van der Waals surface area (Å²) >= 11 is 0. The number of rotatable bonds is 5. The van der Waals surface area contributed by atoms with Crippen molar-refractivity contribution in [1.29, 1.82) is 0 Å². The van der Waals surface area contributed by atoms with Crippen molar-refractivity contribution >= 4 is 22.5 Å². The van der Waals surface area contributed by atoms with Crippen molar-refractivity contribution in [1.82, 2.24) is 10.3 Å². The van der Waals surface area contributed by atoms with Gasteiger partial charge in [-0.25, -0.2) is 8.78 Å². The fraction of sp³-hybridized carbons (Fsp3) is 0.286. The normalized spacial score (nSPS) is 16.8. The highest BCUT2D eigenvalue weighted by Gasteiger charge is 2.24. The van der Waals surface area contributed by atoms with Crippen molar-refractivity contribution in [2.75, 3.05) is 24.5 Å². The van der Waals surface area contributed by atoms with Gasteiger partial charge in [-0.15, -0.1) is 0 Å². The number of benzene rings is 2. The van der Waals surface area contributed by atoms with E-state index < -0.39 is 11.6 Å². The molecule has 1 aliphatic rings. The Bertz CT molecular complexity index is 969. The van der Waals surface area contributed by atoms with Crippen molar-refractivity contribution in [3.05, 3.63) is 65.9 Å². The molecule has 4 nitrogen and oxygen atoms in total. The summed E-state index contributed by atoms with van der Waals surface area (Å²) in [7, 11) is 0. The molecule has 1 fully saturated rings. The Morgan fingerprint density at radius 1 is 1.19 bits per heavy atom. The molecule has 2 aromatic carbocycles. The average molecular weight is 369 g/mol. The number of nitrogens with zero attached hydrogens (tertiary/aromatic N) is 1. The molecule has 1 amide bonds. The second kappa shape index (κ2) is 7.39. The summed E-state index contributed by atoms with van der Waals surface area (Å²) in [6, 6.07) is 11.9. The Kier molecular flexibility index (Phi) is 4.79. The fourth-order valence-corrected chi connectivity index (χ4v) is 3.69. The minimum absolute atomic E-state index is 0.00831. The van der Waals surface area contributed by atoms with Gasteiger partial charge in [-0.3, -0.25) is 4.79 Å². The maximum atomic E-state index is 13.4. The van der Waals surface area contributed by atoms with Gasteiger partial charge in [-0.1, -0.05) is 18.2 Å². The number of aromatic amines is 1. The monoisotopic (exact) mass is 369 g/mol. The summed E-state index contributed by atoms with van der Waals surface area (Å²) in [6.07, 6.45) is 3.13. The van der Waals surface area contributed by atoms with E-state index in [1.54, 1.807) is 6.07 Å². The van der Waals surface area contributed by atoms with Gasteiger partial charge in [-0.2, -0.15) is 0 Å². The van der Waals surface area contributed by atoms with Crippen LogP contribution in [0.1, 0.15) is 12.0 Å². The third kappa shape index (κ3) is 3.79. The first-order valence-electron chi connectivity index (χ1n) is 9.12. The van der Waals surface area contributed by atoms with Crippen LogP contribution in [-0.2, 0) is 11.2 Å². The van der Waals surface area contributed by atoms with Crippen LogP contribution in [0.4, 0.5) is 14.5 Å². The minimum Gasteiger partial charge on any atom is -0.371 e. The molecule has 2 N–H and O–H groups in total. The highest BCUT2D eigenvalue weighted by Crippen LogP contribution is 2.25. The van der Waals surface area contributed by atoms with E-state index in [1.165, 1.54) is 6.07 Å². The van der Waals surface area contributed by atoms with Crippen LogP contribution in [-0.4, -0.2) is 30.5 Å². The second-order valence-corrected chi connectivity index (χ2v) is 7.04. The van der Waals surface area contributed by atoms with Gasteiger partial charge >= 0.3 is 0 Å². The Morgan fingerprint density at radius 2 is 2.04 bits per heavy atom. The zero-order valence-electron chi connectivity index (χ0n) is 14.8. The Balaban J connectivity index is 1.30. The Morgan fingerprint density at radius 3 is 2.89 bits per heavy atom. The van der Waals surface area contributed by atoms with Crippen LogP contribution in [0.2, 0.25) is 0 Å². The van der Waals surface area contributed by atoms with Gasteiger partial charge in [0.2, 0.25) is 5.91 Å². The lowest BCUT2D eigenvalue weighted by atomic mass is 10.1. The number of para-hydroxylation sites is 1. The van der Waals surface area contributed by atoms with E-state index in [0.29, 0.717) is 24.6 Å². The van der Waals surface area contributed by atoms with Crippen LogP contribution < -0.4 is 10.2 Å². The number of hydrogen-bond acceptors (Lipinski definition) is 2. The smallest absolute Gasteiger partial charge is 0.224 e. The summed E-state index contributed by atoms with van der Waals surface area (Å²) in [4.78, 5) is 17.5. The second-order valence-electron chi connectivity index (χ2n) is 7.04. The van der Waals surface area contributed by atoms with Crippen LogP contribution in [0, 0.1) is 17.6 Å². The minimum atomic E-state index is -0.834. The van der Waals surface area contributed by atoms with Gasteiger partial charge in [0.15, 0.2) is 11.6 Å². The van der Waals surface area contributed by atoms with Gasteiger partial charge in [0, 0.05) is 48.5 Å². The van der Waals surface area contributed by atoms with Gasteiger partial charge in [0.05, 0.1) is 6.42 Å². The van der Waals surface area contributed by atoms with E-state index in [0.717, 1.165) is 42.0 Å². The van der Waals surface area contributed by atoms with E-state index in [9.17, 15) is 13.6 Å². The summed E-state index contributed by atoms with van der Waals surface area (Å²) in [5, 5.41) is 4.07. The van der Waals surface area contributed by atoms with Crippen LogP contribution >= 0.6 is 0 Å². The fourth-order valence-electron chi connectivity index (χ4n) is 3.69. The Hall–Kier alpha value is -2.89. The summed E-state index contributed by atoms with van der Waals surface area (Å²) < 4.78 is 26.5. The van der Waals surface area contributed by atoms with E-state index in [4.69, 9.17) is 0 Å². The predicted molar refractivity (Wildman–Crippen MR) is 102 cm³/mol. The molecular weight excluding hydrogens is 348 g/mol. The number of amides is 1. The molecule has 0 bridgehead atoms. The molecule has 3 aromatic rings. The standard InChI is InChI=1S/C21H21F2N3O/c22-18-6-5-16(10-19(18)23)26-8-7-14(13-26)11-25-21(27)9-15-12-24-20-4-2-1-3-17(15)20/h1-6,10,12,14,24H,7-9,11,13H2,(H,25,27)/t14-/m1/s1. The average Bonchev–Trinajstić information content (AvgIpc) is 3.30. The molecule has 4 rings (SSSR count). The van der Waals surface area contributed by atoms with E-state index in [2.05, 4.69) is 10.3 Å². The van der Waals surface area contributed by atoms with Gasteiger partial charge in [0.25, 0.3) is 0 Å². The van der Waals surface area contributed by atoms with Crippen molar-refractivity contribution in [3.63, 3.8) is 0 Å². The molecule has 0 aliphatic carbocycles. The molecule has 1 aromatic heterocycles. The number of hydrogen-bond donors (Lipinski definition) is 2. The molecule has 2 heterocycles. The van der Waals surface area contributed by atoms with Crippen molar-refractivity contribution in [2.45, 2.75) is 12.8 Å². The molecule has 27 heavy (non-hydrogen) atoms. The third-order valence-electron chi connectivity index (χ3n) is 5.17. The molecule has 1 aliphatic heterocycles. The SMILES string of the molecule is O=C(Cc1c[nH]c2ccccc12)NC[C@H]1CCN(c2ccc(F)c(F)c2)C1. The molecule has 0 radical (unpaired) electrons. The zero-order chi connectivity index (χ0) is 18.8. The van der Waals surface area contributed by atoms with Gasteiger partial charge in [-0.05, 0) is 36.1 Å². The molecule has 0 spiro atoms. The Labute approximate surface area is 156 Å². The van der Waals surface area contributed by atoms with Crippen molar-refractivity contribution < 1.29 is 13.6 Å². The lowest BCUT2D eigenvalue weighted by Gasteiger charge is -2.19. The van der Waals surface area contributed by atoms with E-state index in [-0.39, 0.29) is 5.91 Å². The number of carbonyl (C=O) groups is 1. The molecule has 0 unspecified atom stereocenters. The summed E-state index contributed by atoms with van der Waals surface area (Å²) in [5.41, 5.74) is 2.69. The third-order valence-corrected chi connectivity index (χ3v) is 5.17. The molecule has 1 atom stereocenters. The maximum Gasteiger partial charge on any atom is 0.224 e. The van der Waals surface area contributed by atoms with E-state index in [1.807, 2.05) is 35.4 Å². The topological polar surface area (TPSA) is 48.1 Å². The van der Waals surface area contributed by atoms with Crippen LogP contribution in [0.25, 0.3) is 10.9 Å². The molecular formula is C21H21F2N3O. The number of halogens is 2. The van der Waals surface area contributed by atoms with Gasteiger partial charge < -0.3 is 15.2 Å². The number of H-pyrrole nitrogens is 1. The van der Waals surface area contributed by atoms with Gasteiger partial charge in [0.1, 0.15) is 0 Å². The predicted octanol–water partition coefficient (Wildman–Crippen LogP) is 3.63. The quantitative estimate of drug-likeness (QED) is 0.722. The maximum absolute atomic E-state index is 13.4. The number of aromatic nitrogens is 1. The molecule has 140 valence electrons. The lowest BCUT2D eigenvalue weighted by molar-refractivity contribution is -0.120.